The number of methoxy groups -OCH3 is 2. The number of thioether (sulfide) groups is 1. The summed E-state index contributed by atoms with van der Waals surface area (Å²) < 4.78 is 12.4. The van der Waals surface area contributed by atoms with Crippen molar-refractivity contribution in [1.29, 1.82) is 0 Å². The fourth-order valence-corrected chi connectivity index (χ4v) is 3.87. The zero-order valence-corrected chi connectivity index (χ0v) is 15.9. The predicted molar refractivity (Wildman–Crippen MR) is 104 cm³/mol. The number of nitrogens with zero attached hydrogens (tertiary/aromatic N) is 4. The van der Waals surface area contributed by atoms with Gasteiger partial charge < -0.3 is 14.6 Å². The minimum atomic E-state index is 0.0354. The van der Waals surface area contributed by atoms with Gasteiger partial charge in [-0.3, -0.25) is 0 Å². The quantitative estimate of drug-likeness (QED) is 0.745. The molecule has 0 unspecified atom stereocenters. The van der Waals surface area contributed by atoms with Crippen LogP contribution in [0.15, 0.2) is 52.7 Å². The lowest BCUT2D eigenvalue weighted by molar-refractivity contribution is 0.355. The number of phenols is 1. The van der Waals surface area contributed by atoms with Crippen LogP contribution >= 0.6 is 11.8 Å². The summed E-state index contributed by atoms with van der Waals surface area (Å²) >= 11 is 1.55. The highest BCUT2D eigenvalue weighted by atomic mass is 32.2. The Labute approximate surface area is 160 Å². The van der Waals surface area contributed by atoms with Crippen LogP contribution in [0.1, 0.15) is 12.5 Å². The van der Waals surface area contributed by atoms with Crippen LogP contribution in [-0.2, 0) is 0 Å². The van der Waals surface area contributed by atoms with Crippen molar-refractivity contribution in [2.45, 2.75) is 17.3 Å². The van der Waals surface area contributed by atoms with Crippen molar-refractivity contribution in [3.05, 3.63) is 48.0 Å². The van der Waals surface area contributed by atoms with Crippen molar-refractivity contribution in [2.24, 2.45) is 5.10 Å². The van der Waals surface area contributed by atoms with Crippen LogP contribution in [-0.4, -0.2) is 45.2 Å². The molecule has 0 fully saturated rings. The Morgan fingerprint density at radius 2 is 1.81 bits per heavy atom. The molecule has 0 bridgehead atoms. The lowest BCUT2D eigenvalue weighted by atomic mass is 10.1. The fraction of sp³-hybridized carbons (Fsp3) is 0.211. The van der Waals surface area contributed by atoms with E-state index in [2.05, 4.69) is 10.2 Å². The lowest BCUT2D eigenvalue weighted by Gasteiger charge is -2.20. The molecule has 138 valence electrons. The van der Waals surface area contributed by atoms with Gasteiger partial charge in [0.25, 0.3) is 0 Å². The molecule has 27 heavy (non-hydrogen) atoms. The predicted octanol–water partition coefficient (Wildman–Crippen LogP) is 3.41. The Morgan fingerprint density at radius 3 is 2.56 bits per heavy atom. The first-order valence-corrected chi connectivity index (χ1v) is 9.22. The van der Waals surface area contributed by atoms with E-state index in [1.165, 1.54) is 0 Å². The second kappa shape index (κ2) is 6.96. The lowest BCUT2D eigenvalue weighted by Crippen LogP contribution is -2.21. The molecule has 8 heteroatoms. The van der Waals surface area contributed by atoms with Crippen LogP contribution in [0.25, 0.3) is 11.4 Å². The molecule has 2 heterocycles. The number of phenolic OH excluding ortho intramolecular Hbond substituents is 1. The Hall–Kier alpha value is -3.00. The summed E-state index contributed by atoms with van der Waals surface area (Å²) in [7, 11) is 3.18. The van der Waals surface area contributed by atoms with Gasteiger partial charge in [0.05, 0.1) is 25.2 Å². The maximum atomic E-state index is 10.2. The number of ether oxygens (including phenoxy) is 2. The van der Waals surface area contributed by atoms with Gasteiger partial charge in [-0.2, -0.15) is 9.78 Å². The van der Waals surface area contributed by atoms with E-state index in [1.807, 2.05) is 37.3 Å². The van der Waals surface area contributed by atoms with Crippen molar-refractivity contribution < 1.29 is 14.6 Å². The van der Waals surface area contributed by atoms with Crippen LogP contribution in [0, 0.1) is 0 Å². The third-order valence-electron chi connectivity index (χ3n) is 4.31. The van der Waals surface area contributed by atoms with Gasteiger partial charge in [-0.1, -0.05) is 23.9 Å². The van der Waals surface area contributed by atoms with Crippen LogP contribution in [0.2, 0.25) is 0 Å². The van der Waals surface area contributed by atoms with Gasteiger partial charge in [0.15, 0.2) is 17.3 Å². The smallest absolute Gasteiger partial charge is 0.213 e. The van der Waals surface area contributed by atoms with Crippen LogP contribution < -0.4 is 9.47 Å². The van der Waals surface area contributed by atoms with Gasteiger partial charge in [-0.25, -0.2) is 0 Å². The van der Waals surface area contributed by atoms with Crippen molar-refractivity contribution >= 4 is 17.5 Å². The number of rotatable bonds is 4. The van der Waals surface area contributed by atoms with Crippen LogP contribution in [0.5, 0.6) is 17.2 Å². The number of aromatic hydroxyl groups is 1. The summed E-state index contributed by atoms with van der Waals surface area (Å²) in [5, 5.41) is 24.3. The normalized spacial score (nSPS) is 15.8. The second-order valence-electron chi connectivity index (χ2n) is 5.95. The first-order valence-electron chi connectivity index (χ1n) is 8.34. The first kappa shape index (κ1) is 17.4. The minimum absolute atomic E-state index is 0.0354. The molecule has 1 N–H and O–H groups in total. The molecule has 0 saturated carbocycles. The standard InChI is InChI=1S/C19H18N4O3S/c1-11-17(13-6-4-5-7-14(13)24)22-23-18(20-21-19(23)27-11)12-8-9-15(25-2)16(10-12)26-3/h4-11,24H,1-3H3/t11-/m1/s1. The van der Waals surface area contributed by atoms with Gasteiger partial charge in [-0.15, -0.1) is 10.2 Å². The molecule has 1 aliphatic rings. The first-order chi connectivity index (χ1) is 13.1. The zero-order chi connectivity index (χ0) is 19.0. The number of benzene rings is 2. The highest BCUT2D eigenvalue weighted by Gasteiger charge is 2.27. The summed E-state index contributed by atoms with van der Waals surface area (Å²) in [6.45, 7) is 2.03. The van der Waals surface area contributed by atoms with Gasteiger partial charge >= 0.3 is 0 Å². The van der Waals surface area contributed by atoms with Gasteiger partial charge in [-0.05, 0) is 37.3 Å². The molecule has 7 nitrogen and oxygen atoms in total. The SMILES string of the molecule is COc1ccc(-c2nnc3n2N=C(c2ccccc2O)[C@@H](C)S3)cc1OC. The molecule has 3 aromatic rings. The third kappa shape index (κ3) is 3.02. The Bertz CT molecular complexity index is 1030. The van der Waals surface area contributed by atoms with E-state index in [9.17, 15) is 5.11 Å². The number of hydrogen-bond acceptors (Lipinski definition) is 7. The van der Waals surface area contributed by atoms with E-state index < -0.39 is 0 Å². The van der Waals surface area contributed by atoms with Crippen LogP contribution in [0.4, 0.5) is 0 Å². The Balaban J connectivity index is 1.83. The minimum Gasteiger partial charge on any atom is -0.507 e. The fourth-order valence-electron chi connectivity index (χ4n) is 2.95. The highest BCUT2D eigenvalue weighted by Crippen LogP contribution is 2.36. The zero-order valence-electron chi connectivity index (χ0n) is 15.1. The number of aromatic nitrogens is 3. The average molecular weight is 382 g/mol. The van der Waals surface area contributed by atoms with E-state index in [-0.39, 0.29) is 11.0 Å². The number of hydrogen-bond donors (Lipinski definition) is 1. The molecule has 4 rings (SSSR count). The van der Waals surface area contributed by atoms with Gasteiger partial charge in [0, 0.05) is 11.1 Å². The summed E-state index contributed by atoms with van der Waals surface area (Å²) in [4.78, 5) is 0. The average Bonchev–Trinajstić information content (AvgIpc) is 3.10. The molecular weight excluding hydrogens is 364 g/mol. The number of para-hydroxylation sites is 1. The van der Waals surface area contributed by atoms with Gasteiger partial charge in [0.2, 0.25) is 5.16 Å². The summed E-state index contributed by atoms with van der Waals surface area (Å²) in [5.74, 6) is 2.04. The van der Waals surface area contributed by atoms with E-state index >= 15 is 0 Å². The maximum Gasteiger partial charge on any atom is 0.213 e. The van der Waals surface area contributed by atoms with E-state index in [1.54, 1.807) is 42.8 Å². The van der Waals surface area contributed by atoms with E-state index in [0.29, 0.717) is 28.0 Å². The molecule has 0 aliphatic carbocycles. The highest BCUT2D eigenvalue weighted by molar-refractivity contribution is 8.00. The second-order valence-corrected chi connectivity index (χ2v) is 7.26. The molecule has 0 spiro atoms. The van der Waals surface area contributed by atoms with E-state index in [4.69, 9.17) is 14.6 Å². The third-order valence-corrected chi connectivity index (χ3v) is 5.35. The molecule has 0 amide bonds. The molecule has 0 saturated heterocycles. The Kier molecular flexibility index (Phi) is 4.49. The molecule has 2 aromatic carbocycles. The van der Waals surface area contributed by atoms with Crippen molar-refractivity contribution in [2.75, 3.05) is 14.2 Å². The summed E-state index contributed by atoms with van der Waals surface area (Å²) in [6.07, 6.45) is 0. The van der Waals surface area contributed by atoms with Crippen molar-refractivity contribution in [3.8, 4) is 28.6 Å². The molecule has 1 aromatic heterocycles. The molecule has 1 atom stereocenters. The van der Waals surface area contributed by atoms with E-state index in [0.717, 1.165) is 11.3 Å². The largest absolute Gasteiger partial charge is 0.507 e. The summed E-state index contributed by atoms with van der Waals surface area (Å²) in [6, 6.07) is 12.7. The van der Waals surface area contributed by atoms with Crippen molar-refractivity contribution in [1.82, 2.24) is 14.9 Å². The number of fused-ring (bicyclic) bond motifs is 1. The topological polar surface area (TPSA) is 81.8 Å². The van der Waals surface area contributed by atoms with Crippen molar-refractivity contribution in [3.63, 3.8) is 0 Å². The summed E-state index contributed by atoms with van der Waals surface area (Å²) in [5.41, 5.74) is 2.28. The molecule has 1 aliphatic heterocycles. The molecular formula is C19H18N4O3S. The van der Waals surface area contributed by atoms with Gasteiger partial charge in [0.1, 0.15) is 5.75 Å². The molecule has 0 radical (unpaired) electrons. The maximum absolute atomic E-state index is 10.2. The van der Waals surface area contributed by atoms with Crippen LogP contribution in [0.3, 0.4) is 0 Å². The monoisotopic (exact) mass is 382 g/mol. The Morgan fingerprint density at radius 1 is 1.04 bits per heavy atom.